The van der Waals surface area contributed by atoms with Crippen LogP contribution in [0.2, 0.25) is 0 Å². The molecule has 0 radical (unpaired) electrons. The molecule has 0 aromatic carbocycles. The van der Waals surface area contributed by atoms with E-state index in [2.05, 4.69) is 38.7 Å². The molecule has 2 nitrogen and oxygen atoms in total. The molecular weight excluding hydrogens is 282 g/mol. The van der Waals surface area contributed by atoms with Crippen molar-refractivity contribution >= 4 is 11.6 Å². The minimum atomic E-state index is 0.0329. The van der Waals surface area contributed by atoms with Crippen LogP contribution in [0.25, 0.3) is 0 Å². The molecule has 0 bridgehead atoms. The Morgan fingerprint density at radius 1 is 1.33 bits per heavy atom. The number of hydrogen-bond donors (Lipinski definition) is 0. The molecule has 0 N–H and O–H groups in total. The van der Waals surface area contributed by atoms with Crippen LogP contribution in [-0.4, -0.2) is 17.0 Å². The third-order valence-corrected chi connectivity index (χ3v) is 5.37. The highest BCUT2D eigenvalue weighted by atomic mass is 35.5. The average molecular weight is 310 g/mol. The second kappa shape index (κ2) is 7.00. The SMILES string of the molecule is CCCOc1cncc(C(C)(C)C2CCC(C)CC2Cl)c1. The van der Waals surface area contributed by atoms with Gasteiger partial charge in [-0.15, -0.1) is 11.6 Å². The van der Waals surface area contributed by atoms with Crippen LogP contribution in [-0.2, 0) is 5.41 Å². The molecule has 1 aliphatic rings. The van der Waals surface area contributed by atoms with Gasteiger partial charge in [0.15, 0.2) is 0 Å². The van der Waals surface area contributed by atoms with Gasteiger partial charge in [0.05, 0.1) is 12.8 Å². The molecule has 1 heterocycles. The number of hydrogen-bond acceptors (Lipinski definition) is 2. The fourth-order valence-electron chi connectivity index (χ4n) is 3.41. The molecular formula is C18H28ClNO. The summed E-state index contributed by atoms with van der Waals surface area (Å²) in [6.45, 7) is 9.75. The molecule has 3 heteroatoms. The summed E-state index contributed by atoms with van der Waals surface area (Å²) in [5, 5.41) is 0.254. The van der Waals surface area contributed by atoms with Crippen LogP contribution in [0.1, 0.15) is 58.9 Å². The van der Waals surface area contributed by atoms with Crippen molar-refractivity contribution in [3.63, 3.8) is 0 Å². The quantitative estimate of drug-likeness (QED) is 0.698. The van der Waals surface area contributed by atoms with Crippen LogP contribution in [0.4, 0.5) is 0 Å². The first kappa shape index (κ1) is 16.6. The number of nitrogens with zero attached hydrogens (tertiary/aromatic N) is 1. The van der Waals surface area contributed by atoms with Gasteiger partial charge in [0.2, 0.25) is 0 Å². The zero-order valence-electron chi connectivity index (χ0n) is 13.7. The molecule has 3 atom stereocenters. The number of halogens is 1. The van der Waals surface area contributed by atoms with E-state index in [1.165, 1.54) is 18.4 Å². The minimum Gasteiger partial charge on any atom is -0.492 e. The number of pyridine rings is 1. The van der Waals surface area contributed by atoms with Crippen LogP contribution in [0.3, 0.4) is 0 Å². The van der Waals surface area contributed by atoms with Crippen molar-refractivity contribution in [1.82, 2.24) is 4.98 Å². The zero-order chi connectivity index (χ0) is 15.5. The standard InChI is InChI=1S/C18H28ClNO/c1-5-8-21-15-10-14(11-20-12-15)18(3,4)16-7-6-13(2)9-17(16)19/h10-13,16-17H,5-9H2,1-4H3. The number of aromatic nitrogens is 1. The van der Waals surface area contributed by atoms with Crippen LogP contribution in [0.15, 0.2) is 18.5 Å². The summed E-state index contributed by atoms with van der Waals surface area (Å²) in [5.74, 6) is 2.12. The second-order valence-electron chi connectivity index (χ2n) is 7.02. The van der Waals surface area contributed by atoms with E-state index in [9.17, 15) is 0 Å². The van der Waals surface area contributed by atoms with E-state index in [1.54, 1.807) is 6.20 Å². The molecule has 1 saturated carbocycles. The van der Waals surface area contributed by atoms with Crippen molar-refractivity contribution in [2.75, 3.05) is 6.61 Å². The predicted molar refractivity (Wildman–Crippen MR) is 89.2 cm³/mol. The van der Waals surface area contributed by atoms with Crippen molar-refractivity contribution in [3.05, 3.63) is 24.0 Å². The maximum absolute atomic E-state index is 6.68. The molecule has 2 rings (SSSR count). The van der Waals surface area contributed by atoms with Crippen LogP contribution >= 0.6 is 11.6 Å². The van der Waals surface area contributed by atoms with Crippen molar-refractivity contribution in [2.45, 2.75) is 64.2 Å². The van der Waals surface area contributed by atoms with Crippen molar-refractivity contribution in [2.24, 2.45) is 11.8 Å². The maximum atomic E-state index is 6.68. The molecule has 3 unspecified atom stereocenters. The summed E-state index contributed by atoms with van der Waals surface area (Å²) in [5.41, 5.74) is 1.27. The van der Waals surface area contributed by atoms with Crippen LogP contribution < -0.4 is 4.74 Å². The van der Waals surface area contributed by atoms with Gasteiger partial charge in [-0.05, 0) is 48.1 Å². The van der Waals surface area contributed by atoms with Crippen LogP contribution in [0.5, 0.6) is 5.75 Å². The summed E-state index contributed by atoms with van der Waals surface area (Å²) >= 11 is 6.68. The number of alkyl halides is 1. The molecule has 1 aromatic heterocycles. The lowest BCUT2D eigenvalue weighted by atomic mass is 9.66. The normalized spacial score (nSPS) is 26.6. The van der Waals surface area contributed by atoms with E-state index in [4.69, 9.17) is 16.3 Å². The van der Waals surface area contributed by atoms with E-state index >= 15 is 0 Å². The molecule has 21 heavy (non-hydrogen) atoms. The van der Waals surface area contributed by atoms with E-state index < -0.39 is 0 Å². The summed E-state index contributed by atoms with van der Waals surface area (Å²) in [4.78, 5) is 4.37. The van der Waals surface area contributed by atoms with Gasteiger partial charge in [-0.2, -0.15) is 0 Å². The lowest BCUT2D eigenvalue weighted by Crippen LogP contribution is -2.38. The molecule has 0 saturated heterocycles. The Morgan fingerprint density at radius 2 is 2.10 bits per heavy atom. The van der Waals surface area contributed by atoms with E-state index in [0.29, 0.717) is 5.92 Å². The Morgan fingerprint density at radius 3 is 2.76 bits per heavy atom. The van der Waals surface area contributed by atoms with Gasteiger partial charge < -0.3 is 4.74 Å². The Kier molecular flexibility index (Phi) is 5.54. The van der Waals surface area contributed by atoms with Crippen molar-refractivity contribution < 1.29 is 4.74 Å². The lowest BCUT2D eigenvalue weighted by molar-refractivity contribution is 0.206. The fraction of sp³-hybridized carbons (Fsp3) is 0.722. The second-order valence-corrected chi connectivity index (χ2v) is 7.58. The predicted octanol–water partition coefficient (Wildman–Crippen LogP) is 5.19. The van der Waals surface area contributed by atoms with E-state index in [0.717, 1.165) is 31.1 Å². The molecule has 1 aromatic rings. The van der Waals surface area contributed by atoms with Gasteiger partial charge >= 0.3 is 0 Å². The van der Waals surface area contributed by atoms with E-state index in [1.807, 2.05) is 6.20 Å². The van der Waals surface area contributed by atoms with Crippen LogP contribution in [0, 0.1) is 11.8 Å². The Labute approximate surface area is 134 Å². The molecule has 1 fully saturated rings. The highest BCUT2D eigenvalue weighted by Crippen LogP contribution is 2.44. The Balaban J connectivity index is 2.18. The van der Waals surface area contributed by atoms with Gasteiger partial charge in [-0.1, -0.05) is 34.1 Å². The smallest absolute Gasteiger partial charge is 0.137 e. The molecule has 0 amide bonds. The minimum absolute atomic E-state index is 0.0329. The Bertz CT molecular complexity index is 460. The summed E-state index contributed by atoms with van der Waals surface area (Å²) in [6, 6.07) is 2.14. The van der Waals surface area contributed by atoms with Gasteiger partial charge in [0, 0.05) is 11.6 Å². The third kappa shape index (κ3) is 3.91. The lowest BCUT2D eigenvalue weighted by Gasteiger charge is -2.42. The van der Waals surface area contributed by atoms with E-state index in [-0.39, 0.29) is 10.8 Å². The molecule has 0 aliphatic heterocycles. The first-order chi connectivity index (χ1) is 9.95. The average Bonchev–Trinajstić information content (AvgIpc) is 2.45. The third-order valence-electron chi connectivity index (χ3n) is 4.89. The number of ether oxygens (including phenoxy) is 1. The van der Waals surface area contributed by atoms with Gasteiger partial charge in [0.1, 0.15) is 5.75 Å². The maximum Gasteiger partial charge on any atom is 0.137 e. The highest BCUT2D eigenvalue weighted by Gasteiger charge is 2.39. The van der Waals surface area contributed by atoms with Crippen molar-refractivity contribution in [3.8, 4) is 5.75 Å². The summed E-state index contributed by atoms with van der Waals surface area (Å²) < 4.78 is 5.73. The monoisotopic (exact) mass is 309 g/mol. The Hall–Kier alpha value is -0.760. The largest absolute Gasteiger partial charge is 0.492 e. The first-order valence-electron chi connectivity index (χ1n) is 8.17. The summed E-state index contributed by atoms with van der Waals surface area (Å²) in [6.07, 6.45) is 8.38. The molecule has 1 aliphatic carbocycles. The molecule has 118 valence electrons. The fourth-order valence-corrected chi connectivity index (χ4v) is 4.15. The van der Waals surface area contributed by atoms with Gasteiger partial charge in [0.25, 0.3) is 0 Å². The highest BCUT2D eigenvalue weighted by molar-refractivity contribution is 6.20. The summed E-state index contributed by atoms with van der Waals surface area (Å²) in [7, 11) is 0. The number of rotatable bonds is 5. The van der Waals surface area contributed by atoms with Gasteiger partial charge in [-0.25, -0.2) is 0 Å². The van der Waals surface area contributed by atoms with Gasteiger partial charge in [-0.3, -0.25) is 4.98 Å². The zero-order valence-corrected chi connectivity index (χ0v) is 14.5. The first-order valence-corrected chi connectivity index (χ1v) is 8.61. The van der Waals surface area contributed by atoms with Crippen molar-refractivity contribution in [1.29, 1.82) is 0 Å². The topological polar surface area (TPSA) is 22.1 Å². The molecule has 0 spiro atoms.